The lowest BCUT2D eigenvalue weighted by Crippen LogP contribution is -2.32. The number of carbonyl (C=O) groups excluding carboxylic acids is 4. The van der Waals surface area contributed by atoms with E-state index < -0.39 is 11.9 Å². The van der Waals surface area contributed by atoms with Crippen LogP contribution in [0.5, 0.6) is 5.75 Å². The summed E-state index contributed by atoms with van der Waals surface area (Å²) in [5, 5.41) is 0. The third kappa shape index (κ3) is 3.10. The number of amides is 3. The van der Waals surface area contributed by atoms with Crippen LogP contribution in [0.1, 0.15) is 18.4 Å². The van der Waals surface area contributed by atoms with Crippen molar-refractivity contribution in [3.8, 4) is 5.75 Å². The first-order valence-corrected chi connectivity index (χ1v) is 11.7. The summed E-state index contributed by atoms with van der Waals surface area (Å²) < 4.78 is 5.60. The van der Waals surface area contributed by atoms with Crippen LogP contribution in [0.15, 0.2) is 60.7 Å². The molecule has 2 aromatic carbocycles. The Bertz CT molecular complexity index is 1240. The predicted molar refractivity (Wildman–Crippen MR) is 124 cm³/mol. The zero-order chi connectivity index (χ0) is 23.6. The minimum atomic E-state index is -0.591. The zero-order valence-electron chi connectivity index (χ0n) is 18.7. The highest BCUT2D eigenvalue weighted by Gasteiger charge is 2.59. The number of rotatable bonds is 4. The van der Waals surface area contributed by atoms with Gasteiger partial charge >= 0.3 is 5.97 Å². The van der Waals surface area contributed by atoms with Crippen molar-refractivity contribution in [2.24, 2.45) is 29.6 Å². The van der Waals surface area contributed by atoms with Crippen LogP contribution in [-0.2, 0) is 19.2 Å². The van der Waals surface area contributed by atoms with Gasteiger partial charge in [0, 0.05) is 24.7 Å². The molecule has 0 spiro atoms. The maximum Gasteiger partial charge on any atom is 0.316 e. The van der Waals surface area contributed by atoms with Gasteiger partial charge in [0.1, 0.15) is 5.75 Å². The van der Waals surface area contributed by atoms with Crippen molar-refractivity contribution in [2.75, 3.05) is 16.3 Å². The Hall–Kier alpha value is -3.74. The molecular weight excluding hydrogens is 432 g/mol. The highest BCUT2D eigenvalue weighted by atomic mass is 16.5. The maximum absolute atomic E-state index is 13.1. The average Bonchev–Trinajstić information content (AvgIpc) is 3.58. The molecule has 3 amide bonds. The molecule has 7 nitrogen and oxygen atoms in total. The molecule has 34 heavy (non-hydrogen) atoms. The molecule has 3 fully saturated rings. The van der Waals surface area contributed by atoms with Crippen molar-refractivity contribution in [1.82, 2.24) is 0 Å². The van der Waals surface area contributed by atoms with Gasteiger partial charge in [-0.3, -0.25) is 19.2 Å². The Morgan fingerprint density at radius 1 is 0.941 bits per heavy atom. The van der Waals surface area contributed by atoms with E-state index in [0.29, 0.717) is 5.69 Å². The van der Waals surface area contributed by atoms with E-state index in [2.05, 4.69) is 12.2 Å². The lowest BCUT2D eigenvalue weighted by molar-refractivity contribution is -0.139. The number of anilines is 2. The van der Waals surface area contributed by atoms with Gasteiger partial charge in [0.15, 0.2) is 0 Å². The van der Waals surface area contributed by atoms with Crippen LogP contribution in [0, 0.1) is 36.5 Å². The standard InChI is InChI=1S/C27H24N2O5/c1-15-5-2-3-8-21(15)28-14-18(12-22(28)30)27(33)34-20-7-4-6-19(13-20)29-25(31)23-16-9-10-17(11-16)24(23)26(29)32/h2-10,13,16-18,23-24H,11-12,14H2,1H3/t16-,17-,18+,23+,24+/m0/s1. The Morgan fingerprint density at radius 2 is 1.65 bits per heavy atom. The number of allylic oxidation sites excluding steroid dienone is 2. The number of para-hydroxylation sites is 1. The quantitative estimate of drug-likeness (QED) is 0.305. The van der Waals surface area contributed by atoms with E-state index in [4.69, 9.17) is 4.74 Å². The topological polar surface area (TPSA) is 84.0 Å². The molecule has 4 aliphatic rings. The fourth-order valence-electron chi connectivity index (χ4n) is 6.01. The number of fused-ring (bicyclic) bond motifs is 5. The van der Waals surface area contributed by atoms with Crippen molar-refractivity contribution < 1.29 is 23.9 Å². The highest BCUT2D eigenvalue weighted by molar-refractivity contribution is 6.22. The monoisotopic (exact) mass is 456 g/mol. The van der Waals surface area contributed by atoms with Crippen molar-refractivity contribution in [2.45, 2.75) is 19.8 Å². The van der Waals surface area contributed by atoms with Crippen molar-refractivity contribution >= 4 is 35.1 Å². The number of ether oxygens (including phenoxy) is 1. The lowest BCUT2D eigenvalue weighted by atomic mass is 9.85. The summed E-state index contributed by atoms with van der Waals surface area (Å²) in [6, 6.07) is 14.1. The third-order valence-electron chi connectivity index (χ3n) is 7.63. The normalized spacial score (nSPS) is 29.3. The van der Waals surface area contributed by atoms with Gasteiger partial charge in [-0.05, 0) is 48.9 Å². The van der Waals surface area contributed by atoms with Crippen molar-refractivity contribution in [3.05, 3.63) is 66.2 Å². The van der Waals surface area contributed by atoms with Crippen LogP contribution in [0.3, 0.4) is 0 Å². The van der Waals surface area contributed by atoms with Crippen LogP contribution in [0.2, 0.25) is 0 Å². The average molecular weight is 456 g/mol. The third-order valence-corrected chi connectivity index (χ3v) is 7.63. The molecule has 2 aliphatic heterocycles. The molecule has 6 rings (SSSR count). The van der Waals surface area contributed by atoms with Crippen LogP contribution in [0.4, 0.5) is 11.4 Å². The van der Waals surface area contributed by atoms with E-state index in [1.165, 1.54) is 4.90 Å². The van der Waals surface area contributed by atoms with E-state index in [-0.39, 0.29) is 60.1 Å². The smallest absolute Gasteiger partial charge is 0.316 e. The molecule has 2 bridgehead atoms. The SMILES string of the molecule is Cc1ccccc1N1C[C@H](C(=O)Oc2cccc(N3C(=O)[C@H]4[C@H](C3=O)[C@H]3C=C[C@H]4C3)c2)CC1=O. The van der Waals surface area contributed by atoms with E-state index in [1.54, 1.807) is 29.2 Å². The van der Waals surface area contributed by atoms with Gasteiger partial charge in [-0.2, -0.15) is 0 Å². The molecule has 5 atom stereocenters. The summed E-state index contributed by atoms with van der Waals surface area (Å²) in [5.41, 5.74) is 2.17. The molecule has 7 heteroatoms. The van der Waals surface area contributed by atoms with Gasteiger partial charge in [0.25, 0.3) is 0 Å². The summed E-state index contributed by atoms with van der Waals surface area (Å²) in [5.74, 6) is -1.61. The molecule has 172 valence electrons. The minimum Gasteiger partial charge on any atom is -0.426 e. The van der Waals surface area contributed by atoms with Crippen molar-refractivity contribution in [3.63, 3.8) is 0 Å². The molecule has 1 saturated carbocycles. The largest absolute Gasteiger partial charge is 0.426 e. The summed E-state index contributed by atoms with van der Waals surface area (Å²) in [7, 11) is 0. The second-order valence-corrected chi connectivity index (χ2v) is 9.62. The first-order valence-electron chi connectivity index (χ1n) is 11.7. The van der Waals surface area contributed by atoms with Gasteiger partial charge < -0.3 is 9.64 Å². The van der Waals surface area contributed by atoms with E-state index >= 15 is 0 Å². The molecule has 0 aromatic heterocycles. The molecule has 0 radical (unpaired) electrons. The Kier molecular flexibility index (Phi) is 4.69. The van der Waals surface area contributed by atoms with Gasteiger partial charge in [-0.1, -0.05) is 36.4 Å². The Morgan fingerprint density at radius 3 is 2.35 bits per heavy atom. The number of hydrogen-bond donors (Lipinski definition) is 0. The van der Waals surface area contributed by atoms with Gasteiger partial charge in [0.05, 0.1) is 23.4 Å². The minimum absolute atomic E-state index is 0.0785. The number of hydrogen-bond acceptors (Lipinski definition) is 5. The summed E-state index contributed by atoms with van der Waals surface area (Å²) in [6.45, 7) is 2.18. The molecule has 2 saturated heterocycles. The molecule has 0 N–H and O–H groups in total. The number of carbonyl (C=O) groups is 4. The second-order valence-electron chi connectivity index (χ2n) is 9.62. The van der Waals surface area contributed by atoms with Crippen molar-refractivity contribution in [1.29, 1.82) is 0 Å². The molecule has 2 aromatic rings. The number of esters is 1. The van der Waals surface area contributed by atoms with Crippen LogP contribution in [0.25, 0.3) is 0 Å². The van der Waals surface area contributed by atoms with E-state index in [9.17, 15) is 19.2 Å². The fraction of sp³-hybridized carbons (Fsp3) is 0.333. The second kappa shape index (κ2) is 7.65. The molecule has 2 aliphatic carbocycles. The summed E-state index contributed by atoms with van der Waals surface area (Å²) in [4.78, 5) is 54.5. The van der Waals surface area contributed by atoms with Gasteiger partial charge in [-0.15, -0.1) is 0 Å². The van der Waals surface area contributed by atoms with Crippen LogP contribution >= 0.6 is 0 Å². The summed E-state index contributed by atoms with van der Waals surface area (Å²) in [6.07, 6.45) is 5.07. The first kappa shape index (κ1) is 20.8. The Labute approximate surface area is 197 Å². The first-order chi connectivity index (χ1) is 16.4. The zero-order valence-corrected chi connectivity index (χ0v) is 18.7. The number of aryl methyl sites for hydroxylation is 1. The fourth-order valence-corrected chi connectivity index (χ4v) is 6.01. The van der Waals surface area contributed by atoms with Gasteiger partial charge in [0.2, 0.25) is 17.7 Å². The number of benzene rings is 2. The lowest BCUT2D eigenvalue weighted by Gasteiger charge is -2.19. The van der Waals surface area contributed by atoms with Crippen LogP contribution < -0.4 is 14.5 Å². The van der Waals surface area contributed by atoms with E-state index in [1.807, 2.05) is 31.2 Å². The van der Waals surface area contributed by atoms with Crippen LogP contribution in [-0.4, -0.2) is 30.2 Å². The molecular formula is C27H24N2O5. The molecule has 0 unspecified atom stereocenters. The highest BCUT2D eigenvalue weighted by Crippen LogP contribution is 2.53. The van der Waals surface area contributed by atoms with E-state index in [0.717, 1.165) is 17.7 Å². The predicted octanol–water partition coefficient (Wildman–Crippen LogP) is 3.27. The summed E-state index contributed by atoms with van der Waals surface area (Å²) >= 11 is 0. The number of nitrogens with zero attached hydrogens (tertiary/aromatic N) is 2. The maximum atomic E-state index is 13.1. The van der Waals surface area contributed by atoms with Gasteiger partial charge in [-0.25, -0.2) is 4.90 Å². The number of imide groups is 1. The Balaban J connectivity index is 1.18. The molecule has 2 heterocycles.